The van der Waals surface area contributed by atoms with Crippen LogP contribution < -0.4 is 5.32 Å². The number of carbonyl (C=O) groups is 1. The van der Waals surface area contributed by atoms with Gasteiger partial charge in [-0.25, -0.2) is 0 Å². The molecule has 0 atom stereocenters. The standard InChI is InChI=1S/C23H18N6O3S/c1-28-15-25-27-23(28)33-21-11-9-17(14-20(21)29(31)32)22(30)26-19-7-4-5-16(13-19)8-10-18-6-2-3-12-24-18/h2-15H,1H3,(H,26,30)/b10-8+. The number of nitrogens with zero attached hydrogens (tertiary/aromatic N) is 5. The molecule has 4 aromatic rings. The molecule has 164 valence electrons. The smallest absolute Gasteiger partial charge is 0.284 e. The van der Waals surface area contributed by atoms with Crippen molar-refractivity contribution >= 4 is 41.2 Å². The highest BCUT2D eigenvalue weighted by atomic mass is 32.2. The molecule has 0 aliphatic carbocycles. The lowest BCUT2D eigenvalue weighted by Crippen LogP contribution is -2.12. The van der Waals surface area contributed by atoms with Crippen molar-refractivity contribution in [1.82, 2.24) is 19.7 Å². The number of benzene rings is 2. The second-order valence-electron chi connectivity index (χ2n) is 6.93. The van der Waals surface area contributed by atoms with Crippen LogP contribution in [0.2, 0.25) is 0 Å². The van der Waals surface area contributed by atoms with E-state index in [1.807, 2.05) is 48.6 Å². The number of pyridine rings is 1. The first-order valence-corrected chi connectivity index (χ1v) is 10.6. The van der Waals surface area contributed by atoms with Gasteiger partial charge in [-0.15, -0.1) is 10.2 Å². The Morgan fingerprint density at radius 1 is 1.12 bits per heavy atom. The second-order valence-corrected chi connectivity index (χ2v) is 7.94. The molecule has 9 nitrogen and oxygen atoms in total. The van der Waals surface area contributed by atoms with Gasteiger partial charge < -0.3 is 9.88 Å². The Hall–Kier alpha value is -4.31. The average Bonchev–Trinajstić information content (AvgIpc) is 3.23. The molecular formula is C23H18N6O3S. The number of nitro groups is 1. The van der Waals surface area contributed by atoms with E-state index in [-0.39, 0.29) is 11.3 Å². The van der Waals surface area contributed by atoms with Crippen molar-refractivity contribution in [2.24, 2.45) is 7.05 Å². The molecule has 0 unspecified atom stereocenters. The van der Waals surface area contributed by atoms with Crippen LogP contribution in [0.3, 0.4) is 0 Å². The molecule has 0 aliphatic heterocycles. The number of anilines is 1. The van der Waals surface area contributed by atoms with Crippen molar-refractivity contribution in [2.75, 3.05) is 5.32 Å². The van der Waals surface area contributed by atoms with Gasteiger partial charge in [0.2, 0.25) is 0 Å². The fourth-order valence-corrected chi connectivity index (χ4v) is 3.78. The quantitative estimate of drug-likeness (QED) is 0.315. The lowest BCUT2D eigenvalue weighted by Gasteiger charge is -2.08. The maximum absolute atomic E-state index is 12.8. The van der Waals surface area contributed by atoms with E-state index in [0.29, 0.717) is 15.7 Å². The number of amides is 1. The molecule has 0 saturated carbocycles. The third-order valence-corrected chi connectivity index (χ3v) is 5.69. The van der Waals surface area contributed by atoms with E-state index in [2.05, 4.69) is 20.5 Å². The Bertz CT molecular complexity index is 1340. The molecular weight excluding hydrogens is 440 g/mol. The van der Waals surface area contributed by atoms with Gasteiger partial charge in [-0.3, -0.25) is 19.9 Å². The van der Waals surface area contributed by atoms with Gasteiger partial charge in [0.25, 0.3) is 11.6 Å². The lowest BCUT2D eigenvalue weighted by molar-refractivity contribution is -0.387. The highest BCUT2D eigenvalue weighted by Gasteiger charge is 2.20. The number of hydrogen-bond acceptors (Lipinski definition) is 7. The van der Waals surface area contributed by atoms with Crippen molar-refractivity contribution in [3.63, 3.8) is 0 Å². The molecule has 33 heavy (non-hydrogen) atoms. The van der Waals surface area contributed by atoms with Crippen LogP contribution in [0.1, 0.15) is 21.6 Å². The largest absolute Gasteiger partial charge is 0.322 e. The minimum absolute atomic E-state index is 0.178. The van der Waals surface area contributed by atoms with Gasteiger partial charge in [-0.05, 0) is 59.8 Å². The molecule has 0 bridgehead atoms. The monoisotopic (exact) mass is 458 g/mol. The number of aryl methyl sites for hydroxylation is 1. The van der Waals surface area contributed by atoms with Crippen molar-refractivity contribution < 1.29 is 9.72 Å². The van der Waals surface area contributed by atoms with Crippen LogP contribution in [0.5, 0.6) is 0 Å². The molecule has 0 radical (unpaired) electrons. The van der Waals surface area contributed by atoms with Crippen LogP contribution in [0.25, 0.3) is 12.2 Å². The molecule has 0 spiro atoms. The Labute approximate surface area is 193 Å². The molecule has 0 fully saturated rings. The van der Waals surface area contributed by atoms with Gasteiger partial charge in [0, 0.05) is 30.6 Å². The summed E-state index contributed by atoms with van der Waals surface area (Å²) < 4.78 is 1.66. The van der Waals surface area contributed by atoms with E-state index < -0.39 is 10.8 Å². The van der Waals surface area contributed by atoms with Crippen LogP contribution >= 0.6 is 11.8 Å². The average molecular weight is 459 g/mol. The van der Waals surface area contributed by atoms with Crippen LogP contribution in [0.15, 0.2) is 83.2 Å². The molecule has 2 aromatic heterocycles. The van der Waals surface area contributed by atoms with Crippen molar-refractivity contribution in [1.29, 1.82) is 0 Å². The highest BCUT2D eigenvalue weighted by Crippen LogP contribution is 2.34. The maximum atomic E-state index is 12.8. The molecule has 2 aromatic carbocycles. The SMILES string of the molecule is Cn1cnnc1Sc1ccc(C(=O)Nc2cccc(/C=C/c3ccccn3)c2)cc1[N+](=O)[O-]. The summed E-state index contributed by atoms with van der Waals surface area (Å²) in [6.07, 6.45) is 6.99. The van der Waals surface area contributed by atoms with Gasteiger partial charge in [-0.1, -0.05) is 24.3 Å². The third-order valence-electron chi connectivity index (χ3n) is 4.57. The minimum atomic E-state index is -0.515. The Balaban J connectivity index is 1.51. The van der Waals surface area contributed by atoms with Crippen LogP contribution in [0.4, 0.5) is 11.4 Å². The van der Waals surface area contributed by atoms with E-state index in [1.165, 1.54) is 12.4 Å². The van der Waals surface area contributed by atoms with E-state index in [4.69, 9.17) is 0 Å². The molecule has 1 N–H and O–H groups in total. The number of hydrogen-bond donors (Lipinski definition) is 1. The third kappa shape index (κ3) is 5.49. The summed E-state index contributed by atoms with van der Waals surface area (Å²) >= 11 is 1.11. The summed E-state index contributed by atoms with van der Waals surface area (Å²) in [6, 6.07) is 17.3. The zero-order chi connectivity index (χ0) is 23.2. The number of nitrogens with one attached hydrogen (secondary N) is 1. The molecule has 10 heteroatoms. The van der Waals surface area contributed by atoms with Crippen LogP contribution in [-0.4, -0.2) is 30.6 Å². The van der Waals surface area contributed by atoms with Crippen molar-refractivity contribution in [3.05, 3.63) is 100 Å². The van der Waals surface area contributed by atoms with Crippen LogP contribution in [-0.2, 0) is 7.05 Å². The molecule has 1 amide bonds. The minimum Gasteiger partial charge on any atom is -0.322 e. The molecule has 4 rings (SSSR count). The number of nitro benzene ring substituents is 1. The first kappa shape index (κ1) is 21.9. The second kappa shape index (κ2) is 9.88. The van der Waals surface area contributed by atoms with E-state index in [1.54, 1.807) is 36.0 Å². The summed E-state index contributed by atoms with van der Waals surface area (Å²) in [5.41, 5.74) is 2.27. The van der Waals surface area contributed by atoms with Gasteiger partial charge in [-0.2, -0.15) is 0 Å². The lowest BCUT2D eigenvalue weighted by atomic mass is 10.1. The predicted octanol–water partition coefficient (Wildman–Crippen LogP) is 4.69. The first-order chi connectivity index (χ1) is 16.0. The fraction of sp³-hybridized carbons (Fsp3) is 0.0435. The molecule has 0 aliphatic rings. The van der Waals surface area contributed by atoms with E-state index in [0.717, 1.165) is 23.0 Å². The van der Waals surface area contributed by atoms with Gasteiger partial charge >= 0.3 is 0 Å². The summed E-state index contributed by atoms with van der Waals surface area (Å²) in [6.45, 7) is 0. The Morgan fingerprint density at radius 3 is 2.73 bits per heavy atom. The number of rotatable bonds is 7. The van der Waals surface area contributed by atoms with E-state index >= 15 is 0 Å². The zero-order valence-corrected chi connectivity index (χ0v) is 18.3. The number of carbonyl (C=O) groups excluding carboxylic acids is 1. The van der Waals surface area contributed by atoms with Gasteiger partial charge in [0.05, 0.1) is 15.5 Å². The predicted molar refractivity (Wildman–Crippen MR) is 126 cm³/mol. The zero-order valence-electron chi connectivity index (χ0n) is 17.5. The topological polar surface area (TPSA) is 116 Å². The maximum Gasteiger partial charge on any atom is 0.284 e. The van der Waals surface area contributed by atoms with Gasteiger partial charge in [0.1, 0.15) is 6.33 Å². The Morgan fingerprint density at radius 2 is 2.00 bits per heavy atom. The molecule has 0 saturated heterocycles. The number of aromatic nitrogens is 4. The van der Waals surface area contributed by atoms with Crippen LogP contribution in [0, 0.1) is 10.1 Å². The Kier molecular flexibility index (Phi) is 6.56. The van der Waals surface area contributed by atoms with E-state index in [9.17, 15) is 14.9 Å². The molecule has 2 heterocycles. The summed E-state index contributed by atoms with van der Waals surface area (Å²) in [7, 11) is 1.75. The van der Waals surface area contributed by atoms with Crippen molar-refractivity contribution in [2.45, 2.75) is 10.1 Å². The summed E-state index contributed by atoms with van der Waals surface area (Å²) in [5.74, 6) is -0.445. The summed E-state index contributed by atoms with van der Waals surface area (Å²) in [5, 5.41) is 22.6. The van der Waals surface area contributed by atoms with Gasteiger partial charge in [0.15, 0.2) is 5.16 Å². The summed E-state index contributed by atoms with van der Waals surface area (Å²) in [4.78, 5) is 28.5. The first-order valence-electron chi connectivity index (χ1n) is 9.80. The highest BCUT2D eigenvalue weighted by molar-refractivity contribution is 7.99. The van der Waals surface area contributed by atoms with Crippen molar-refractivity contribution in [3.8, 4) is 0 Å². The normalized spacial score (nSPS) is 10.9. The fourth-order valence-electron chi connectivity index (χ4n) is 2.93.